The summed E-state index contributed by atoms with van der Waals surface area (Å²) in [5.74, 6) is 0.846. The molecule has 1 aromatic heterocycles. The Kier molecular flexibility index (Phi) is 4.24. The van der Waals surface area contributed by atoms with Crippen molar-refractivity contribution < 1.29 is 9.53 Å². The number of carbonyl (C=O) groups is 1. The van der Waals surface area contributed by atoms with E-state index >= 15 is 0 Å². The van der Waals surface area contributed by atoms with Crippen LogP contribution < -0.4 is 5.32 Å². The molecule has 1 aliphatic heterocycles. The predicted octanol–water partition coefficient (Wildman–Crippen LogP) is 1.52. The molecule has 2 heterocycles. The Bertz CT molecular complexity index is 454. The molecule has 1 N–H and O–H groups in total. The van der Waals surface area contributed by atoms with Gasteiger partial charge in [-0.15, -0.1) is 0 Å². The maximum atomic E-state index is 12.1. The smallest absolute Gasteiger partial charge is 0.269 e. The summed E-state index contributed by atoms with van der Waals surface area (Å²) in [5.41, 5.74) is 1.47. The van der Waals surface area contributed by atoms with Gasteiger partial charge >= 0.3 is 0 Å². The Labute approximate surface area is 114 Å². The summed E-state index contributed by atoms with van der Waals surface area (Å²) < 4.78 is 7.34. The maximum Gasteiger partial charge on any atom is 0.269 e. The van der Waals surface area contributed by atoms with Crippen molar-refractivity contribution in [1.82, 2.24) is 15.1 Å². The van der Waals surface area contributed by atoms with Crippen molar-refractivity contribution in [2.24, 2.45) is 18.9 Å². The first-order chi connectivity index (χ1) is 8.99. The third-order valence-corrected chi connectivity index (χ3v) is 3.68. The summed E-state index contributed by atoms with van der Waals surface area (Å²) in [6.45, 7) is 7.68. The first-order valence-electron chi connectivity index (χ1n) is 6.89. The van der Waals surface area contributed by atoms with Crippen LogP contribution >= 0.6 is 0 Å². The van der Waals surface area contributed by atoms with Crippen LogP contribution in [0.5, 0.6) is 0 Å². The second kappa shape index (κ2) is 5.74. The number of aryl methyl sites for hydroxylation is 2. The fraction of sp³-hybridized carbons (Fsp3) is 0.714. The van der Waals surface area contributed by atoms with Gasteiger partial charge in [-0.2, -0.15) is 5.10 Å². The maximum absolute atomic E-state index is 12.1. The molecule has 0 aliphatic carbocycles. The highest BCUT2D eigenvalue weighted by Crippen LogP contribution is 2.26. The van der Waals surface area contributed by atoms with Gasteiger partial charge in [0.1, 0.15) is 5.69 Å². The number of amides is 1. The highest BCUT2D eigenvalue weighted by Gasteiger charge is 2.30. The summed E-state index contributed by atoms with van der Waals surface area (Å²) in [6.07, 6.45) is 1.28. The first-order valence-corrected chi connectivity index (χ1v) is 6.89. The third-order valence-electron chi connectivity index (χ3n) is 3.68. The van der Waals surface area contributed by atoms with Gasteiger partial charge in [0.2, 0.25) is 0 Å². The van der Waals surface area contributed by atoms with E-state index in [-0.39, 0.29) is 12.0 Å². The first kappa shape index (κ1) is 14.1. The SMILES string of the molecule is Cc1cc(C(=O)NC[C@H]2CCO[C@@H]2C(C)C)n(C)n1. The quantitative estimate of drug-likeness (QED) is 0.898. The molecule has 0 radical (unpaired) electrons. The van der Waals surface area contributed by atoms with Crippen molar-refractivity contribution in [2.45, 2.75) is 33.3 Å². The topological polar surface area (TPSA) is 56.1 Å². The summed E-state index contributed by atoms with van der Waals surface area (Å²) in [6, 6.07) is 1.81. The molecule has 106 valence electrons. The second-order valence-corrected chi connectivity index (χ2v) is 5.63. The van der Waals surface area contributed by atoms with E-state index in [0.29, 0.717) is 24.1 Å². The molecule has 5 nitrogen and oxygen atoms in total. The average Bonchev–Trinajstić information content (AvgIpc) is 2.92. The van der Waals surface area contributed by atoms with E-state index in [9.17, 15) is 4.79 Å². The van der Waals surface area contributed by atoms with Crippen LogP contribution in [-0.2, 0) is 11.8 Å². The molecular formula is C14H23N3O2. The van der Waals surface area contributed by atoms with Gasteiger partial charge in [0.25, 0.3) is 5.91 Å². The number of nitrogens with zero attached hydrogens (tertiary/aromatic N) is 2. The molecule has 1 amide bonds. The van der Waals surface area contributed by atoms with Crippen LogP contribution in [0.2, 0.25) is 0 Å². The standard InChI is InChI=1S/C14H23N3O2/c1-9(2)13-11(5-6-19-13)8-15-14(18)12-7-10(3)16-17(12)4/h7,9,11,13H,5-6,8H2,1-4H3,(H,15,18)/t11-,13-/m1/s1. The number of aromatic nitrogens is 2. The van der Waals surface area contributed by atoms with Gasteiger partial charge in [0.15, 0.2) is 0 Å². The minimum Gasteiger partial charge on any atom is -0.378 e. The fourth-order valence-electron chi connectivity index (χ4n) is 2.75. The van der Waals surface area contributed by atoms with Crippen molar-refractivity contribution in [3.05, 3.63) is 17.5 Å². The van der Waals surface area contributed by atoms with Crippen molar-refractivity contribution in [2.75, 3.05) is 13.2 Å². The lowest BCUT2D eigenvalue weighted by Gasteiger charge is -2.22. The molecule has 2 atom stereocenters. The van der Waals surface area contributed by atoms with E-state index in [0.717, 1.165) is 18.7 Å². The molecule has 1 fully saturated rings. The molecule has 0 unspecified atom stereocenters. The molecule has 0 bridgehead atoms. The number of nitrogens with one attached hydrogen (secondary N) is 1. The highest BCUT2D eigenvalue weighted by molar-refractivity contribution is 5.92. The van der Waals surface area contributed by atoms with Crippen molar-refractivity contribution >= 4 is 5.91 Å². The second-order valence-electron chi connectivity index (χ2n) is 5.63. The largest absolute Gasteiger partial charge is 0.378 e. The summed E-state index contributed by atoms with van der Waals surface area (Å²) >= 11 is 0. The lowest BCUT2D eigenvalue weighted by atomic mass is 9.93. The molecule has 0 saturated carbocycles. The van der Waals surface area contributed by atoms with E-state index < -0.39 is 0 Å². The van der Waals surface area contributed by atoms with Crippen LogP contribution in [0.1, 0.15) is 36.5 Å². The van der Waals surface area contributed by atoms with Gasteiger partial charge in [0.05, 0.1) is 11.8 Å². The normalized spacial score (nSPS) is 23.0. The number of hydrogen-bond donors (Lipinski definition) is 1. The van der Waals surface area contributed by atoms with Crippen LogP contribution in [0.15, 0.2) is 6.07 Å². The molecule has 0 aromatic carbocycles. The molecule has 5 heteroatoms. The molecule has 1 saturated heterocycles. The van der Waals surface area contributed by atoms with Crippen LogP contribution in [0.25, 0.3) is 0 Å². The van der Waals surface area contributed by atoms with E-state index in [1.807, 2.05) is 6.92 Å². The lowest BCUT2D eigenvalue weighted by molar-refractivity contribution is 0.0533. The van der Waals surface area contributed by atoms with Gasteiger partial charge in [-0.05, 0) is 25.3 Å². The number of rotatable bonds is 4. The lowest BCUT2D eigenvalue weighted by Crippen LogP contribution is -2.35. The molecular weight excluding hydrogens is 242 g/mol. The van der Waals surface area contributed by atoms with Gasteiger partial charge in [0, 0.05) is 26.1 Å². The zero-order valence-corrected chi connectivity index (χ0v) is 12.1. The van der Waals surface area contributed by atoms with Crippen molar-refractivity contribution in [1.29, 1.82) is 0 Å². The monoisotopic (exact) mass is 265 g/mol. The highest BCUT2D eigenvalue weighted by atomic mass is 16.5. The third kappa shape index (κ3) is 3.15. The Morgan fingerprint density at radius 3 is 2.95 bits per heavy atom. The van der Waals surface area contributed by atoms with E-state index in [1.165, 1.54) is 0 Å². The minimum absolute atomic E-state index is 0.0579. The molecule has 0 spiro atoms. The zero-order valence-electron chi connectivity index (χ0n) is 12.1. The van der Waals surface area contributed by atoms with Gasteiger partial charge in [-0.1, -0.05) is 13.8 Å². The average molecular weight is 265 g/mol. The van der Waals surface area contributed by atoms with Crippen molar-refractivity contribution in [3.8, 4) is 0 Å². The Hall–Kier alpha value is -1.36. The van der Waals surface area contributed by atoms with E-state index in [4.69, 9.17) is 4.74 Å². The van der Waals surface area contributed by atoms with Crippen molar-refractivity contribution in [3.63, 3.8) is 0 Å². The molecule has 1 aromatic rings. The Morgan fingerprint density at radius 2 is 2.37 bits per heavy atom. The minimum atomic E-state index is -0.0579. The van der Waals surface area contributed by atoms with E-state index in [2.05, 4.69) is 24.3 Å². The van der Waals surface area contributed by atoms with Crippen LogP contribution in [-0.4, -0.2) is 34.9 Å². The van der Waals surface area contributed by atoms with Gasteiger partial charge < -0.3 is 10.1 Å². The number of ether oxygens (including phenoxy) is 1. The number of hydrogen-bond acceptors (Lipinski definition) is 3. The molecule has 1 aliphatic rings. The van der Waals surface area contributed by atoms with Crippen LogP contribution in [0.4, 0.5) is 0 Å². The molecule has 19 heavy (non-hydrogen) atoms. The fourth-order valence-corrected chi connectivity index (χ4v) is 2.75. The number of carbonyl (C=O) groups excluding carboxylic acids is 1. The molecule has 2 rings (SSSR count). The van der Waals surface area contributed by atoms with E-state index in [1.54, 1.807) is 17.8 Å². The van der Waals surface area contributed by atoms with Gasteiger partial charge in [-0.25, -0.2) is 0 Å². The van der Waals surface area contributed by atoms with Crippen LogP contribution in [0.3, 0.4) is 0 Å². The van der Waals surface area contributed by atoms with Gasteiger partial charge in [-0.3, -0.25) is 9.48 Å². The Morgan fingerprint density at radius 1 is 1.63 bits per heavy atom. The Balaban J connectivity index is 1.92. The summed E-state index contributed by atoms with van der Waals surface area (Å²) in [5, 5.41) is 7.19. The predicted molar refractivity (Wildman–Crippen MR) is 73.0 cm³/mol. The summed E-state index contributed by atoms with van der Waals surface area (Å²) in [7, 11) is 1.79. The summed E-state index contributed by atoms with van der Waals surface area (Å²) in [4.78, 5) is 12.1. The zero-order chi connectivity index (χ0) is 14.0. The van der Waals surface area contributed by atoms with Crippen LogP contribution in [0, 0.1) is 18.8 Å².